The lowest BCUT2D eigenvalue weighted by molar-refractivity contribution is -0.121. The van der Waals surface area contributed by atoms with Gasteiger partial charge in [-0.1, -0.05) is 24.3 Å². The maximum atomic E-state index is 12.7. The summed E-state index contributed by atoms with van der Waals surface area (Å²) < 4.78 is 37.1. The lowest BCUT2D eigenvalue weighted by Gasteiger charge is -2.26. The fraction of sp³-hybridized carbons (Fsp3) is 0.280. The molecule has 1 aliphatic rings. The molecule has 9 nitrogen and oxygen atoms in total. The third-order valence-corrected chi connectivity index (χ3v) is 7.50. The molecule has 1 aliphatic heterocycles. The van der Waals surface area contributed by atoms with Crippen LogP contribution in [0.4, 0.5) is 5.69 Å². The van der Waals surface area contributed by atoms with E-state index in [1.54, 1.807) is 54.6 Å². The molecule has 0 spiro atoms. The standard InChI is InChI=1S/C25H27N3O6S/c29-24(26-18-20-3-1-4-21(17-20)27-25(30)23-5-2-14-34-23)11-8-19-6-9-22(10-7-19)35(31,32)28-12-15-33-16-13-28/h1-7,9-10,14,17H,8,11-13,15-16,18H2,(H,26,29)(H,27,30). The van der Waals surface area contributed by atoms with Crippen molar-refractivity contribution >= 4 is 27.5 Å². The number of nitrogens with one attached hydrogen (secondary N) is 2. The first-order chi connectivity index (χ1) is 16.9. The molecule has 1 saturated heterocycles. The molecular weight excluding hydrogens is 470 g/mol. The van der Waals surface area contributed by atoms with Crippen LogP contribution in [0.3, 0.4) is 0 Å². The van der Waals surface area contributed by atoms with Crippen molar-refractivity contribution in [3.8, 4) is 0 Å². The first-order valence-corrected chi connectivity index (χ1v) is 12.7. The Morgan fingerprint density at radius 1 is 0.943 bits per heavy atom. The molecule has 0 atom stereocenters. The van der Waals surface area contributed by atoms with Gasteiger partial charge in [-0.25, -0.2) is 8.42 Å². The number of hydrogen-bond donors (Lipinski definition) is 2. The molecule has 0 saturated carbocycles. The highest BCUT2D eigenvalue weighted by atomic mass is 32.2. The van der Waals surface area contributed by atoms with Crippen molar-refractivity contribution in [2.45, 2.75) is 24.3 Å². The number of hydrogen-bond acceptors (Lipinski definition) is 6. The Labute approximate surface area is 204 Å². The Morgan fingerprint density at radius 2 is 1.71 bits per heavy atom. The largest absolute Gasteiger partial charge is 0.459 e. The van der Waals surface area contributed by atoms with Crippen molar-refractivity contribution in [2.24, 2.45) is 0 Å². The van der Waals surface area contributed by atoms with E-state index in [9.17, 15) is 18.0 Å². The smallest absolute Gasteiger partial charge is 0.291 e. The van der Waals surface area contributed by atoms with Gasteiger partial charge in [0.1, 0.15) is 0 Å². The fourth-order valence-electron chi connectivity index (χ4n) is 3.67. The third kappa shape index (κ3) is 6.56. The zero-order chi connectivity index (χ0) is 24.7. The van der Waals surface area contributed by atoms with Crippen LogP contribution < -0.4 is 10.6 Å². The number of sulfonamides is 1. The summed E-state index contributed by atoms with van der Waals surface area (Å²) in [7, 11) is -3.53. The number of rotatable bonds is 9. The summed E-state index contributed by atoms with van der Waals surface area (Å²) in [6.45, 7) is 1.82. The SMILES string of the molecule is O=C(CCc1ccc(S(=O)(=O)N2CCOCC2)cc1)NCc1cccc(NC(=O)c2ccco2)c1. The molecule has 1 aromatic heterocycles. The number of benzene rings is 2. The molecule has 3 aromatic rings. The number of morpholine rings is 1. The molecule has 4 rings (SSSR count). The van der Waals surface area contributed by atoms with Crippen LogP contribution in [0.15, 0.2) is 76.2 Å². The predicted molar refractivity (Wildman–Crippen MR) is 129 cm³/mol. The van der Waals surface area contributed by atoms with E-state index in [4.69, 9.17) is 9.15 Å². The Balaban J connectivity index is 1.25. The minimum atomic E-state index is -3.53. The lowest BCUT2D eigenvalue weighted by atomic mass is 10.1. The van der Waals surface area contributed by atoms with E-state index >= 15 is 0 Å². The highest BCUT2D eigenvalue weighted by Crippen LogP contribution is 2.18. The van der Waals surface area contributed by atoms with Crippen LogP contribution in [0.2, 0.25) is 0 Å². The molecule has 2 N–H and O–H groups in total. The maximum Gasteiger partial charge on any atom is 0.291 e. The van der Waals surface area contributed by atoms with Gasteiger partial charge in [0.15, 0.2) is 5.76 Å². The van der Waals surface area contributed by atoms with Gasteiger partial charge < -0.3 is 19.8 Å². The average molecular weight is 498 g/mol. The molecule has 35 heavy (non-hydrogen) atoms. The number of nitrogens with zero attached hydrogens (tertiary/aromatic N) is 1. The fourth-order valence-corrected chi connectivity index (χ4v) is 5.08. The van der Waals surface area contributed by atoms with Crippen LogP contribution in [0.5, 0.6) is 0 Å². The molecule has 0 aliphatic carbocycles. The van der Waals surface area contributed by atoms with E-state index in [-0.39, 0.29) is 28.9 Å². The summed E-state index contributed by atoms with van der Waals surface area (Å²) in [4.78, 5) is 24.7. The Kier molecular flexibility index (Phi) is 7.96. The van der Waals surface area contributed by atoms with Crippen LogP contribution in [-0.4, -0.2) is 50.8 Å². The number of amides is 2. The second-order valence-electron chi connectivity index (χ2n) is 8.07. The summed E-state index contributed by atoms with van der Waals surface area (Å²) in [5.41, 5.74) is 2.32. The first-order valence-electron chi connectivity index (χ1n) is 11.3. The number of ether oxygens (including phenoxy) is 1. The molecule has 10 heteroatoms. The summed E-state index contributed by atoms with van der Waals surface area (Å²) in [5, 5.41) is 5.63. The van der Waals surface area contributed by atoms with Gasteiger partial charge in [-0.15, -0.1) is 0 Å². The van der Waals surface area contributed by atoms with Gasteiger partial charge in [-0.2, -0.15) is 4.31 Å². The molecule has 0 bridgehead atoms. The van der Waals surface area contributed by atoms with E-state index in [0.717, 1.165) is 11.1 Å². The number of carbonyl (C=O) groups excluding carboxylic acids is 2. The molecule has 0 radical (unpaired) electrons. The monoisotopic (exact) mass is 497 g/mol. The van der Waals surface area contributed by atoms with Gasteiger partial charge in [0.05, 0.1) is 24.4 Å². The first kappa shape index (κ1) is 24.6. The quantitative estimate of drug-likeness (QED) is 0.469. The van der Waals surface area contributed by atoms with E-state index in [1.165, 1.54) is 10.6 Å². The lowest BCUT2D eigenvalue weighted by Crippen LogP contribution is -2.40. The molecule has 1 fully saturated rings. The van der Waals surface area contributed by atoms with E-state index in [2.05, 4.69) is 10.6 Å². The van der Waals surface area contributed by atoms with Crippen molar-refractivity contribution in [1.82, 2.24) is 9.62 Å². The second kappa shape index (κ2) is 11.3. The third-order valence-electron chi connectivity index (χ3n) is 5.59. The van der Waals surface area contributed by atoms with Crippen LogP contribution >= 0.6 is 0 Å². The summed E-state index contributed by atoms with van der Waals surface area (Å²) >= 11 is 0. The number of aryl methyl sites for hydroxylation is 1. The van der Waals surface area contributed by atoms with E-state index in [1.807, 2.05) is 6.07 Å². The van der Waals surface area contributed by atoms with Crippen molar-refractivity contribution in [1.29, 1.82) is 0 Å². The summed E-state index contributed by atoms with van der Waals surface area (Å²) in [6, 6.07) is 17.1. The maximum absolute atomic E-state index is 12.7. The van der Waals surface area contributed by atoms with E-state index < -0.39 is 10.0 Å². The second-order valence-corrected chi connectivity index (χ2v) is 10.0. The number of furan rings is 1. The van der Waals surface area contributed by atoms with Gasteiger partial charge in [-0.05, 0) is 53.9 Å². The van der Waals surface area contributed by atoms with Gasteiger partial charge in [-0.3, -0.25) is 9.59 Å². The van der Waals surface area contributed by atoms with E-state index in [0.29, 0.717) is 45.0 Å². The van der Waals surface area contributed by atoms with Gasteiger partial charge >= 0.3 is 0 Å². The minimum Gasteiger partial charge on any atom is -0.459 e. The normalized spacial score (nSPS) is 14.4. The molecule has 184 valence electrons. The van der Waals surface area contributed by atoms with Gasteiger partial charge in [0, 0.05) is 31.7 Å². The number of carbonyl (C=O) groups is 2. The Morgan fingerprint density at radius 3 is 2.43 bits per heavy atom. The van der Waals surface area contributed by atoms with Crippen molar-refractivity contribution in [3.63, 3.8) is 0 Å². The van der Waals surface area contributed by atoms with Crippen molar-refractivity contribution in [3.05, 3.63) is 83.8 Å². The van der Waals surface area contributed by atoms with Crippen LogP contribution in [0.1, 0.15) is 28.1 Å². The molecule has 0 unspecified atom stereocenters. The molecular formula is C25H27N3O6S. The average Bonchev–Trinajstić information content (AvgIpc) is 3.43. The molecule has 2 heterocycles. The molecule has 2 aromatic carbocycles. The van der Waals surface area contributed by atoms with Gasteiger partial charge in [0.2, 0.25) is 15.9 Å². The zero-order valence-electron chi connectivity index (χ0n) is 19.1. The molecule has 2 amide bonds. The summed E-state index contributed by atoms with van der Waals surface area (Å²) in [5.74, 6) is -0.254. The number of anilines is 1. The topological polar surface area (TPSA) is 118 Å². The van der Waals surface area contributed by atoms with Crippen molar-refractivity contribution < 1.29 is 27.2 Å². The highest BCUT2D eigenvalue weighted by molar-refractivity contribution is 7.89. The minimum absolute atomic E-state index is 0.125. The van der Waals surface area contributed by atoms with Crippen LogP contribution in [-0.2, 0) is 32.5 Å². The predicted octanol–water partition coefficient (Wildman–Crippen LogP) is 2.80. The van der Waals surface area contributed by atoms with Crippen LogP contribution in [0.25, 0.3) is 0 Å². The van der Waals surface area contributed by atoms with Crippen molar-refractivity contribution in [2.75, 3.05) is 31.6 Å². The Hall–Kier alpha value is -3.47. The van der Waals surface area contributed by atoms with Gasteiger partial charge in [0.25, 0.3) is 5.91 Å². The van der Waals surface area contributed by atoms with Crippen LogP contribution in [0, 0.1) is 0 Å². The zero-order valence-corrected chi connectivity index (χ0v) is 19.9. The summed E-state index contributed by atoms with van der Waals surface area (Å²) in [6.07, 6.45) is 2.19. The highest BCUT2D eigenvalue weighted by Gasteiger charge is 2.26. The Bertz CT molecular complexity index is 1250.